The van der Waals surface area contributed by atoms with Crippen LogP contribution in [-0.4, -0.2) is 4.57 Å². The molecular weight excluding hydrogens is 959 g/mol. The Kier molecular flexibility index (Phi) is 12.2. The Bertz CT molecular complexity index is 4060. The zero-order chi connectivity index (χ0) is 52.5. The van der Waals surface area contributed by atoms with E-state index in [1.165, 1.54) is 21.5 Å². The molecular formula is C74H53N5. The maximum absolute atomic E-state index is 2.43. The molecule has 0 radical (unpaired) electrons. The molecule has 0 aliphatic heterocycles. The molecule has 1 heterocycles. The number of benzene rings is 13. The normalized spacial score (nSPS) is 11.3. The lowest BCUT2D eigenvalue weighted by atomic mass is 10.0. The van der Waals surface area contributed by atoms with Crippen LogP contribution in [0.4, 0.5) is 68.2 Å². The van der Waals surface area contributed by atoms with Crippen LogP contribution in [0.3, 0.4) is 0 Å². The van der Waals surface area contributed by atoms with Gasteiger partial charge in [-0.3, -0.25) is 0 Å². The fraction of sp³-hybridized carbons (Fsp3) is 0. The molecule has 0 N–H and O–H groups in total. The molecule has 0 bridgehead atoms. The first-order chi connectivity index (χ1) is 39.2. The van der Waals surface area contributed by atoms with E-state index in [0.29, 0.717) is 0 Å². The monoisotopic (exact) mass is 1010 g/mol. The highest BCUT2D eigenvalue weighted by atomic mass is 15.2. The molecule has 0 atom stereocenters. The van der Waals surface area contributed by atoms with Gasteiger partial charge in [-0.1, -0.05) is 164 Å². The van der Waals surface area contributed by atoms with Crippen LogP contribution in [0.15, 0.2) is 322 Å². The minimum Gasteiger partial charge on any atom is -0.311 e. The van der Waals surface area contributed by atoms with Gasteiger partial charge in [0, 0.05) is 84.1 Å². The predicted octanol–water partition coefficient (Wildman–Crippen LogP) is 21.0. The van der Waals surface area contributed by atoms with Gasteiger partial charge in [-0.25, -0.2) is 0 Å². The van der Waals surface area contributed by atoms with Crippen molar-refractivity contribution in [3.05, 3.63) is 322 Å². The van der Waals surface area contributed by atoms with Crippen molar-refractivity contribution in [2.24, 2.45) is 0 Å². The molecule has 0 amide bonds. The van der Waals surface area contributed by atoms with E-state index in [1.54, 1.807) is 0 Å². The molecule has 374 valence electrons. The van der Waals surface area contributed by atoms with Crippen molar-refractivity contribution >= 4 is 112 Å². The van der Waals surface area contributed by atoms with Crippen molar-refractivity contribution in [2.75, 3.05) is 19.6 Å². The Morgan fingerprint density at radius 3 is 0.835 bits per heavy atom. The van der Waals surface area contributed by atoms with Crippen molar-refractivity contribution in [1.82, 2.24) is 4.57 Å². The minimum absolute atomic E-state index is 1.05. The standard InChI is InChI=1S/C74H53N5/c1-6-26-56(27-7-1)75(57-28-8-2-9-29-57)61-40-44-63(45-41-61)77(71-38-20-24-54-22-16-18-36-67(54)71)65-48-50-73-69(52-65)70-53-66(49-51-74(70)79(73)60-34-14-5-15-35-60)78(72-39-21-25-55-23-17-19-37-68(55)72)64-46-42-62(43-47-64)76(58-30-10-3-11-31-58)59-32-12-4-13-33-59/h1-53H. The lowest BCUT2D eigenvalue weighted by Crippen LogP contribution is -2.12. The van der Waals surface area contributed by atoms with E-state index in [0.717, 1.165) is 95.7 Å². The first-order valence-corrected chi connectivity index (χ1v) is 26.9. The first-order valence-electron chi connectivity index (χ1n) is 26.9. The summed E-state index contributed by atoms with van der Waals surface area (Å²) in [5.41, 5.74) is 16.3. The summed E-state index contributed by atoms with van der Waals surface area (Å²) in [5, 5.41) is 7.00. The third-order valence-corrected chi connectivity index (χ3v) is 15.1. The third-order valence-electron chi connectivity index (χ3n) is 15.1. The summed E-state index contributed by atoms with van der Waals surface area (Å²) in [5.74, 6) is 0. The summed E-state index contributed by atoms with van der Waals surface area (Å²) in [7, 11) is 0. The summed E-state index contributed by atoms with van der Waals surface area (Å²) in [6, 6.07) is 116. The van der Waals surface area contributed by atoms with Crippen LogP contribution >= 0.6 is 0 Å². The summed E-state index contributed by atoms with van der Waals surface area (Å²) in [4.78, 5) is 9.48. The van der Waals surface area contributed by atoms with Crippen LogP contribution in [0.5, 0.6) is 0 Å². The van der Waals surface area contributed by atoms with Crippen molar-refractivity contribution in [1.29, 1.82) is 0 Å². The van der Waals surface area contributed by atoms with Gasteiger partial charge in [-0.15, -0.1) is 0 Å². The number of hydrogen-bond donors (Lipinski definition) is 0. The molecule has 13 aromatic carbocycles. The summed E-state index contributed by atoms with van der Waals surface area (Å²) in [6.07, 6.45) is 0. The maximum Gasteiger partial charge on any atom is 0.0542 e. The second kappa shape index (κ2) is 20.5. The molecule has 0 spiro atoms. The molecule has 0 unspecified atom stereocenters. The van der Waals surface area contributed by atoms with E-state index in [1.807, 2.05) is 0 Å². The molecule has 0 fully saturated rings. The van der Waals surface area contributed by atoms with Gasteiger partial charge in [-0.05, 0) is 168 Å². The Hall–Kier alpha value is -10.6. The Balaban J connectivity index is 0.957. The third kappa shape index (κ3) is 8.75. The number of fused-ring (bicyclic) bond motifs is 5. The van der Waals surface area contributed by atoms with Crippen LogP contribution in [0, 0.1) is 0 Å². The fourth-order valence-electron chi connectivity index (χ4n) is 11.5. The molecule has 0 aliphatic carbocycles. The second-order valence-corrected chi connectivity index (χ2v) is 19.8. The van der Waals surface area contributed by atoms with Gasteiger partial charge in [-0.2, -0.15) is 0 Å². The molecule has 14 aromatic rings. The van der Waals surface area contributed by atoms with Gasteiger partial charge in [0.05, 0.1) is 22.4 Å². The van der Waals surface area contributed by atoms with Gasteiger partial charge in [0.25, 0.3) is 0 Å². The Morgan fingerprint density at radius 1 is 0.190 bits per heavy atom. The van der Waals surface area contributed by atoms with E-state index in [9.17, 15) is 0 Å². The zero-order valence-corrected chi connectivity index (χ0v) is 43.3. The number of hydrogen-bond acceptors (Lipinski definition) is 4. The first kappa shape index (κ1) is 46.9. The zero-order valence-electron chi connectivity index (χ0n) is 43.3. The molecule has 79 heavy (non-hydrogen) atoms. The van der Waals surface area contributed by atoms with Gasteiger partial charge >= 0.3 is 0 Å². The van der Waals surface area contributed by atoms with E-state index in [-0.39, 0.29) is 0 Å². The van der Waals surface area contributed by atoms with Crippen molar-refractivity contribution in [3.63, 3.8) is 0 Å². The number of anilines is 12. The lowest BCUT2D eigenvalue weighted by molar-refractivity contribution is 1.18. The second-order valence-electron chi connectivity index (χ2n) is 19.8. The maximum atomic E-state index is 2.43. The van der Waals surface area contributed by atoms with Gasteiger partial charge in [0.15, 0.2) is 0 Å². The molecule has 5 nitrogen and oxygen atoms in total. The highest BCUT2D eigenvalue weighted by Gasteiger charge is 2.23. The number of aromatic nitrogens is 1. The fourth-order valence-corrected chi connectivity index (χ4v) is 11.5. The number of rotatable bonds is 13. The summed E-state index contributed by atoms with van der Waals surface area (Å²) >= 11 is 0. The summed E-state index contributed by atoms with van der Waals surface area (Å²) in [6.45, 7) is 0. The van der Waals surface area contributed by atoms with Crippen molar-refractivity contribution in [3.8, 4) is 5.69 Å². The average molecular weight is 1010 g/mol. The van der Waals surface area contributed by atoms with Crippen LogP contribution in [-0.2, 0) is 0 Å². The minimum atomic E-state index is 1.05. The molecule has 14 rings (SSSR count). The quantitative estimate of drug-likeness (QED) is 0.114. The van der Waals surface area contributed by atoms with Gasteiger partial charge in [0.1, 0.15) is 0 Å². The highest BCUT2D eigenvalue weighted by Crippen LogP contribution is 2.47. The van der Waals surface area contributed by atoms with E-state index in [4.69, 9.17) is 0 Å². The van der Waals surface area contributed by atoms with Crippen LogP contribution < -0.4 is 19.6 Å². The SMILES string of the molecule is c1ccc(N(c2ccccc2)c2ccc(N(c3ccc4c(c3)c3cc(N(c5ccc(N(c6ccccc6)c6ccccc6)cc5)c5cccc6ccccc56)ccc3n4-c3ccccc3)c3cccc4ccccc34)cc2)cc1. The van der Waals surface area contributed by atoms with Crippen LogP contribution in [0.1, 0.15) is 0 Å². The topological polar surface area (TPSA) is 17.9 Å². The summed E-state index contributed by atoms with van der Waals surface area (Å²) < 4.78 is 2.41. The lowest BCUT2D eigenvalue weighted by Gasteiger charge is -2.29. The Labute approximate surface area is 460 Å². The van der Waals surface area contributed by atoms with E-state index in [2.05, 4.69) is 346 Å². The van der Waals surface area contributed by atoms with Crippen molar-refractivity contribution < 1.29 is 0 Å². The molecule has 0 saturated heterocycles. The van der Waals surface area contributed by atoms with E-state index < -0.39 is 0 Å². The van der Waals surface area contributed by atoms with Gasteiger partial charge in [0.2, 0.25) is 0 Å². The van der Waals surface area contributed by atoms with Crippen LogP contribution in [0.25, 0.3) is 49.0 Å². The average Bonchev–Trinajstić information content (AvgIpc) is 4.01. The van der Waals surface area contributed by atoms with Gasteiger partial charge < -0.3 is 24.2 Å². The molecule has 0 saturated carbocycles. The largest absolute Gasteiger partial charge is 0.311 e. The molecule has 1 aromatic heterocycles. The van der Waals surface area contributed by atoms with Crippen LogP contribution in [0.2, 0.25) is 0 Å². The number of para-hydroxylation sites is 5. The molecule has 5 heteroatoms. The van der Waals surface area contributed by atoms with E-state index >= 15 is 0 Å². The predicted molar refractivity (Wildman–Crippen MR) is 335 cm³/mol. The molecule has 0 aliphatic rings. The Morgan fingerprint density at radius 2 is 0.468 bits per heavy atom. The smallest absolute Gasteiger partial charge is 0.0542 e. The number of nitrogens with zero attached hydrogens (tertiary/aromatic N) is 5. The van der Waals surface area contributed by atoms with Crippen molar-refractivity contribution in [2.45, 2.75) is 0 Å². The highest BCUT2D eigenvalue weighted by molar-refractivity contribution is 6.13.